The van der Waals surface area contributed by atoms with Crippen molar-refractivity contribution in [2.45, 2.75) is 19.6 Å². The average molecular weight is 567 g/mol. The summed E-state index contributed by atoms with van der Waals surface area (Å²) in [7, 11) is 0. The number of thiophene rings is 1. The molecule has 4 aromatic rings. The molecule has 1 N–H and O–H groups in total. The van der Waals surface area contributed by atoms with Gasteiger partial charge < -0.3 is 9.88 Å². The molecule has 0 spiro atoms. The smallest absolute Gasteiger partial charge is 0.293 e. The molecule has 1 saturated heterocycles. The summed E-state index contributed by atoms with van der Waals surface area (Å²) in [5, 5.41) is 5.53. The van der Waals surface area contributed by atoms with Crippen LogP contribution >= 0.6 is 39.0 Å². The number of halogens is 1. The van der Waals surface area contributed by atoms with Gasteiger partial charge in [0.25, 0.3) is 11.1 Å². The maximum atomic E-state index is 13.0. The maximum absolute atomic E-state index is 13.0. The van der Waals surface area contributed by atoms with E-state index in [1.165, 1.54) is 4.90 Å². The number of benzene rings is 2. The summed E-state index contributed by atoms with van der Waals surface area (Å²) in [6.45, 7) is 0.871. The number of hydrogen-bond donors (Lipinski definition) is 1. The van der Waals surface area contributed by atoms with E-state index in [-0.39, 0.29) is 30.1 Å². The van der Waals surface area contributed by atoms with Gasteiger partial charge in [-0.3, -0.25) is 19.3 Å². The average Bonchev–Trinajstić information content (AvgIpc) is 3.55. The summed E-state index contributed by atoms with van der Waals surface area (Å²) in [6.07, 6.45) is 3.59. The van der Waals surface area contributed by atoms with Crippen molar-refractivity contribution in [1.29, 1.82) is 0 Å². The highest BCUT2D eigenvalue weighted by atomic mass is 79.9. The number of thioether (sulfide) groups is 1. The lowest BCUT2D eigenvalue weighted by molar-refractivity contribution is -0.123. The van der Waals surface area contributed by atoms with E-state index in [2.05, 4.69) is 21.2 Å². The molecule has 3 heterocycles. The molecule has 1 fully saturated rings. The first-order valence-electron chi connectivity index (χ1n) is 10.8. The number of nitrogens with zero attached hydrogens (tertiary/aromatic N) is 2. The number of rotatable bonds is 7. The van der Waals surface area contributed by atoms with Crippen molar-refractivity contribution in [1.82, 2.24) is 14.8 Å². The Balaban J connectivity index is 1.40. The van der Waals surface area contributed by atoms with Gasteiger partial charge in [0.1, 0.15) is 6.54 Å². The third-order valence-corrected chi connectivity index (χ3v) is 7.85. The number of hydrogen-bond acceptors (Lipinski definition) is 5. The summed E-state index contributed by atoms with van der Waals surface area (Å²) in [4.78, 5) is 41.0. The quantitative estimate of drug-likeness (QED) is 0.278. The van der Waals surface area contributed by atoms with Crippen molar-refractivity contribution in [3.8, 4) is 0 Å². The Morgan fingerprint density at radius 3 is 2.66 bits per heavy atom. The van der Waals surface area contributed by atoms with Crippen LogP contribution in [-0.4, -0.2) is 26.5 Å². The predicted octanol–water partition coefficient (Wildman–Crippen LogP) is 6.02. The minimum Gasteiger partial charge on any atom is -0.350 e. The molecule has 2 aromatic carbocycles. The molecule has 1 aliphatic rings. The van der Waals surface area contributed by atoms with Crippen LogP contribution in [0.3, 0.4) is 0 Å². The van der Waals surface area contributed by atoms with Gasteiger partial charge >= 0.3 is 0 Å². The minimum absolute atomic E-state index is 0.104. The molecule has 0 atom stereocenters. The molecule has 0 radical (unpaired) electrons. The molecule has 5 rings (SSSR count). The molecule has 0 unspecified atom stereocenters. The molecule has 2 aromatic heterocycles. The molecular formula is C26H20BrN3O3S2. The van der Waals surface area contributed by atoms with Gasteiger partial charge in [0.05, 0.1) is 18.0 Å². The predicted molar refractivity (Wildman–Crippen MR) is 144 cm³/mol. The molecular weight excluding hydrogens is 546 g/mol. The van der Waals surface area contributed by atoms with Gasteiger partial charge in [-0.15, -0.1) is 11.3 Å². The zero-order chi connectivity index (χ0) is 24.4. The first-order chi connectivity index (χ1) is 17.0. The molecule has 3 amide bonds. The Kier molecular flexibility index (Phi) is 6.90. The molecule has 0 bridgehead atoms. The highest BCUT2D eigenvalue weighted by Gasteiger charge is 2.35. The van der Waals surface area contributed by atoms with E-state index in [1.54, 1.807) is 17.4 Å². The molecule has 35 heavy (non-hydrogen) atoms. The second-order valence-electron chi connectivity index (χ2n) is 7.98. The van der Waals surface area contributed by atoms with Gasteiger partial charge in [-0.2, -0.15) is 0 Å². The molecule has 6 nitrogen and oxygen atoms in total. The van der Waals surface area contributed by atoms with Crippen LogP contribution in [0.1, 0.15) is 16.0 Å². The van der Waals surface area contributed by atoms with Crippen molar-refractivity contribution in [3.63, 3.8) is 0 Å². The highest BCUT2D eigenvalue weighted by Crippen LogP contribution is 2.35. The standard InChI is InChI=1S/C26H20BrN3O3S2/c27-19-8-9-22-21(12-19)18(15-29(22)16-24(31)28-13-20-7-4-10-34-20)11-23-25(32)30(26(33)35-23)14-17-5-2-1-3-6-17/h1-12,15H,13-14,16H2,(H,28,31)/b23-11-. The van der Waals surface area contributed by atoms with Crippen LogP contribution in [0.4, 0.5) is 4.79 Å². The minimum atomic E-state index is -0.312. The number of amides is 3. The Hall–Kier alpha value is -3.14. The Bertz CT molecular complexity index is 1450. The monoisotopic (exact) mass is 565 g/mol. The van der Waals surface area contributed by atoms with Crippen LogP contribution in [0.2, 0.25) is 0 Å². The van der Waals surface area contributed by atoms with E-state index in [0.717, 1.165) is 43.1 Å². The highest BCUT2D eigenvalue weighted by molar-refractivity contribution is 9.10. The number of aromatic nitrogens is 1. The summed E-state index contributed by atoms with van der Waals surface area (Å²) in [5.74, 6) is -0.415. The van der Waals surface area contributed by atoms with E-state index < -0.39 is 0 Å². The third-order valence-electron chi connectivity index (χ3n) is 5.57. The number of nitrogens with one attached hydrogen (secondary N) is 1. The number of fused-ring (bicyclic) bond motifs is 1. The fourth-order valence-corrected chi connectivity index (χ4v) is 5.73. The van der Waals surface area contributed by atoms with E-state index in [4.69, 9.17) is 0 Å². The summed E-state index contributed by atoms with van der Waals surface area (Å²) >= 11 is 6.05. The van der Waals surface area contributed by atoms with Gasteiger partial charge in [-0.05, 0) is 53.0 Å². The first-order valence-corrected chi connectivity index (χ1v) is 13.3. The molecule has 0 aliphatic carbocycles. The third kappa shape index (κ3) is 5.27. The fourth-order valence-electron chi connectivity index (χ4n) is 3.90. The van der Waals surface area contributed by atoms with Gasteiger partial charge in [0.2, 0.25) is 5.91 Å². The van der Waals surface area contributed by atoms with Crippen molar-refractivity contribution in [2.75, 3.05) is 0 Å². The normalized spacial score (nSPS) is 14.9. The van der Waals surface area contributed by atoms with Gasteiger partial charge in [0.15, 0.2) is 0 Å². The zero-order valence-corrected chi connectivity index (χ0v) is 21.7. The Morgan fingerprint density at radius 1 is 1.06 bits per heavy atom. The number of imide groups is 1. The van der Waals surface area contributed by atoms with E-state index in [1.807, 2.05) is 76.8 Å². The lowest BCUT2D eigenvalue weighted by Gasteiger charge is -2.12. The second kappa shape index (κ2) is 10.2. The van der Waals surface area contributed by atoms with Crippen LogP contribution < -0.4 is 5.32 Å². The largest absolute Gasteiger partial charge is 0.350 e. The number of carbonyl (C=O) groups excluding carboxylic acids is 3. The van der Waals surface area contributed by atoms with Gasteiger partial charge in [-0.1, -0.05) is 52.3 Å². The Morgan fingerprint density at radius 2 is 1.89 bits per heavy atom. The summed E-state index contributed by atoms with van der Waals surface area (Å²) in [6, 6.07) is 19.2. The van der Waals surface area contributed by atoms with E-state index in [9.17, 15) is 14.4 Å². The molecule has 0 saturated carbocycles. The van der Waals surface area contributed by atoms with Gasteiger partial charge in [-0.25, -0.2) is 0 Å². The Labute approximate surface area is 218 Å². The van der Waals surface area contributed by atoms with Crippen LogP contribution in [0, 0.1) is 0 Å². The van der Waals surface area contributed by atoms with Gasteiger partial charge in [0, 0.05) is 32.0 Å². The van der Waals surface area contributed by atoms with Crippen LogP contribution in [0.25, 0.3) is 17.0 Å². The lowest BCUT2D eigenvalue weighted by atomic mass is 10.1. The topological polar surface area (TPSA) is 71.4 Å². The zero-order valence-electron chi connectivity index (χ0n) is 18.4. The van der Waals surface area contributed by atoms with Crippen LogP contribution in [-0.2, 0) is 29.2 Å². The molecule has 1 aliphatic heterocycles. The number of carbonyl (C=O) groups is 3. The molecule has 9 heteroatoms. The van der Waals surface area contributed by atoms with Crippen LogP contribution in [0.5, 0.6) is 0 Å². The fraction of sp³-hybridized carbons (Fsp3) is 0.115. The van der Waals surface area contributed by atoms with Crippen molar-refractivity contribution >= 4 is 73.1 Å². The summed E-state index contributed by atoms with van der Waals surface area (Å²) in [5.41, 5.74) is 2.54. The van der Waals surface area contributed by atoms with Crippen LogP contribution in [0.15, 0.2) is 81.6 Å². The molecule has 176 valence electrons. The first kappa shape index (κ1) is 23.6. The SMILES string of the molecule is O=C(Cn1cc(/C=C2\SC(=O)N(Cc3ccccc3)C2=O)c2cc(Br)ccc21)NCc1cccs1. The van der Waals surface area contributed by atoms with E-state index in [0.29, 0.717) is 11.4 Å². The van der Waals surface area contributed by atoms with Crippen molar-refractivity contribution in [2.24, 2.45) is 0 Å². The second-order valence-corrected chi connectivity index (χ2v) is 10.9. The van der Waals surface area contributed by atoms with Crippen molar-refractivity contribution < 1.29 is 14.4 Å². The van der Waals surface area contributed by atoms with E-state index >= 15 is 0 Å². The van der Waals surface area contributed by atoms with Crippen molar-refractivity contribution in [3.05, 3.63) is 97.6 Å². The summed E-state index contributed by atoms with van der Waals surface area (Å²) < 4.78 is 2.75. The lowest BCUT2D eigenvalue weighted by Crippen LogP contribution is -2.27. The maximum Gasteiger partial charge on any atom is 0.293 e.